The lowest BCUT2D eigenvalue weighted by Crippen LogP contribution is -2.14. The van der Waals surface area contributed by atoms with E-state index in [2.05, 4.69) is 39.6 Å². The van der Waals surface area contributed by atoms with Crippen molar-refractivity contribution in [2.75, 3.05) is 5.32 Å². The number of rotatable bonds is 7. The van der Waals surface area contributed by atoms with Gasteiger partial charge in [-0.05, 0) is 25.8 Å². The average Bonchev–Trinajstić information content (AvgIpc) is 3.29. The van der Waals surface area contributed by atoms with Crippen LogP contribution in [-0.4, -0.2) is 25.8 Å². The number of aromatic nitrogens is 4. The number of amides is 1. The van der Waals surface area contributed by atoms with Crippen molar-refractivity contribution in [3.05, 3.63) is 59.4 Å². The molecule has 1 aromatic carbocycles. The quantitative estimate of drug-likeness (QED) is 0.639. The van der Waals surface area contributed by atoms with Gasteiger partial charge in [-0.2, -0.15) is 10.1 Å². The molecule has 0 saturated carbocycles. The van der Waals surface area contributed by atoms with E-state index in [0.717, 1.165) is 5.56 Å². The van der Waals surface area contributed by atoms with E-state index in [0.29, 0.717) is 36.8 Å². The van der Waals surface area contributed by atoms with E-state index >= 15 is 0 Å². The van der Waals surface area contributed by atoms with Gasteiger partial charge in [0.2, 0.25) is 11.8 Å². The Balaban J connectivity index is 1.53. The maximum absolute atomic E-state index is 12.3. The molecule has 0 aliphatic rings. The highest BCUT2D eigenvalue weighted by Gasteiger charge is 2.21. The molecule has 7 nitrogen and oxygen atoms in total. The van der Waals surface area contributed by atoms with Gasteiger partial charge in [0.05, 0.1) is 6.04 Å². The monoisotopic (exact) mass is 395 g/mol. The molecule has 7 heteroatoms. The van der Waals surface area contributed by atoms with Gasteiger partial charge in [-0.1, -0.05) is 56.3 Å². The van der Waals surface area contributed by atoms with Gasteiger partial charge in [-0.25, -0.2) is 0 Å². The van der Waals surface area contributed by atoms with Crippen molar-refractivity contribution in [1.29, 1.82) is 0 Å². The van der Waals surface area contributed by atoms with E-state index in [1.54, 1.807) is 0 Å². The fourth-order valence-electron chi connectivity index (χ4n) is 2.94. The average molecular weight is 396 g/mol. The van der Waals surface area contributed by atoms with Crippen LogP contribution in [0.3, 0.4) is 0 Å². The van der Waals surface area contributed by atoms with E-state index < -0.39 is 0 Å². The minimum atomic E-state index is -0.146. The third-order valence-corrected chi connectivity index (χ3v) is 4.78. The van der Waals surface area contributed by atoms with Gasteiger partial charge in [0.15, 0.2) is 11.6 Å². The summed E-state index contributed by atoms with van der Waals surface area (Å²) < 4.78 is 7.16. The third kappa shape index (κ3) is 5.31. The summed E-state index contributed by atoms with van der Waals surface area (Å²) in [6, 6.07) is 10.3. The Morgan fingerprint density at radius 1 is 1.24 bits per heavy atom. The summed E-state index contributed by atoms with van der Waals surface area (Å²) in [6.45, 7) is 10.1. The fraction of sp³-hybridized carbons (Fsp3) is 0.455. The number of nitrogens with one attached hydrogen (secondary N) is 1. The predicted octanol–water partition coefficient (Wildman–Crippen LogP) is 4.44. The van der Waals surface area contributed by atoms with Crippen molar-refractivity contribution in [2.24, 2.45) is 0 Å². The first kappa shape index (κ1) is 20.8. The minimum Gasteiger partial charge on any atom is -0.339 e. The van der Waals surface area contributed by atoms with Crippen molar-refractivity contribution in [3.63, 3.8) is 0 Å². The number of carbonyl (C=O) groups excluding carboxylic acids is 1. The van der Waals surface area contributed by atoms with Crippen molar-refractivity contribution in [2.45, 2.75) is 65.3 Å². The van der Waals surface area contributed by atoms with Crippen molar-refractivity contribution in [3.8, 4) is 0 Å². The van der Waals surface area contributed by atoms with Crippen LogP contribution in [0.15, 0.2) is 41.1 Å². The highest BCUT2D eigenvalue weighted by Crippen LogP contribution is 2.21. The zero-order chi connectivity index (χ0) is 21.0. The lowest BCUT2D eigenvalue weighted by Gasteiger charge is -2.12. The number of aryl methyl sites for hydroxylation is 2. The van der Waals surface area contributed by atoms with Gasteiger partial charge < -0.3 is 9.84 Å². The molecular formula is C22H29N5O2. The van der Waals surface area contributed by atoms with Crippen LogP contribution in [0.4, 0.5) is 5.82 Å². The van der Waals surface area contributed by atoms with Crippen LogP contribution < -0.4 is 5.32 Å². The Hall–Kier alpha value is -2.96. The smallest absolute Gasteiger partial charge is 0.226 e. The van der Waals surface area contributed by atoms with Crippen LogP contribution in [-0.2, 0) is 16.6 Å². The van der Waals surface area contributed by atoms with E-state index in [-0.39, 0.29) is 17.4 Å². The summed E-state index contributed by atoms with van der Waals surface area (Å²) in [7, 11) is 0. The second-order valence-corrected chi connectivity index (χ2v) is 8.39. The predicted molar refractivity (Wildman–Crippen MR) is 112 cm³/mol. The lowest BCUT2D eigenvalue weighted by molar-refractivity contribution is -0.116. The molecule has 0 spiro atoms. The van der Waals surface area contributed by atoms with E-state index in [9.17, 15) is 4.79 Å². The number of carbonyl (C=O) groups is 1. The molecule has 1 amide bonds. The molecule has 0 saturated heterocycles. The summed E-state index contributed by atoms with van der Waals surface area (Å²) in [5.74, 6) is 1.79. The summed E-state index contributed by atoms with van der Waals surface area (Å²) in [5.41, 5.74) is 1.96. The van der Waals surface area contributed by atoms with Gasteiger partial charge in [0.1, 0.15) is 0 Å². The molecule has 0 radical (unpaired) electrons. The van der Waals surface area contributed by atoms with Crippen molar-refractivity contribution < 1.29 is 9.32 Å². The molecule has 2 heterocycles. The largest absolute Gasteiger partial charge is 0.339 e. The molecule has 2 aromatic heterocycles. The van der Waals surface area contributed by atoms with Gasteiger partial charge >= 0.3 is 0 Å². The number of nitrogens with zero attached hydrogens (tertiary/aromatic N) is 4. The Kier molecular flexibility index (Phi) is 6.15. The number of anilines is 1. The van der Waals surface area contributed by atoms with E-state index in [4.69, 9.17) is 4.52 Å². The van der Waals surface area contributed by atoms with Crippen LogP contribution in [0.2, 0.25) is 0 Å². The molecule has 1 unspecified atom stereocenters. The van der Waals surface area contributed by atoms with Gasteiger partial charge in [0.25, 0.3) is 0 Å². The maximum atomic E-state index is 12.3. The molecular weight excluding hydrogens is 366 g/mol. The summed E-state index contributed by atoms with van der Waals surface area (Å²) >= 11 is 0. The van der Waals surface area contributed by atoms with E-state index in [1.807, 2.05) is 56.8 Å². The summed E-state index contributed by atoms with van der Waals surface area (Å²) in [5, 5.41) is 11.5. The Morgan fingerprint density at radius 2 is 1.97 bits per heavy atom. The highest BCUT2D eigenvalue weighted by atomic mass is 16.5. The first-order chi connectivity index (χ1) is 13.7. The molecule has 29 heavy (non-hydrogen) atoms. The molecule has 0 aliphatic heterocycles. The second-order valence-electron chi connectivity index (χ2n) is 8.39. The van der Waals surface area contributed by atoms with Crippen LogP contribution in [0.25, 0.3) is 0 Å². The molecule has 0 aliphatic carbocycles. The van der Waals surface area contributed by atoms with E-state index in [1.165, 1.54) is 5.56 Å². The standard InChI is InChI=1S/C22H29N5O2/c1-15-14-27(16(2)17-10-7-6-8-11-17)25-20(15)23-18(28)12-9-13-19-24-21(26-29-19)22(3,4)5/h6-8,10-11,14,16H,9,12-13H2,1-5H3,(H,23,25,28). The van der Waals surface area contributed by atoms with Crippen molar-refractivity contribution in [1.82, 2.24) is 19.9 Å². The fourth-order valence-corrected chi connectivity index (χ4v) is 2.94. The first-order valence-electron chi connectivity index (χ1n) is 9.97. The van der Waals surface area contributed by atoms with Crippen LogP contribution in [0, 0.1) is 6.92 Å². The first-order valence-corrected chi connectivity index (χ1v) is 9.97. The highest BCUT2D eigenvalue weighted by molar-refractivity contribution is 5.90. The van der Waals surface area contributed by atoms with Crippen molar-refractivity contribution >= 4 is 11.7 Å². The molecule has 0 fully saturated rings. The maximum Gasteiger partial charge on any atom is 0.226 e. The van der Waals surface area contributed by atoms with Gasteiger partial charge in [0, 0.05) is 30.0 Å². The molecule has 3 aromatic rings. The topological polar surface area (TPSA) is 85.8 Å². The number of hydrogen-bond donors (Lipinski definition) is 1. The molecule has 154 valence electrons. The normalized spacial score (nSPS) is 12.7. The Labute approximate surface area is 171 Å². The molecule has 3 rings (SSSR count). The Morgan fingerprint density at radius 3 is 2.62 bits per heavy atom. The number of hydrogen-bond acceptors (Lipinski definition) is 5. The zero-order valence-corrected chi connectivity index (χ0v) is 17.8. The van der Waals surface area contributed by atoms with Crippen LogP contribution in [0.5, 0.6) is 0 Å². The SMILES string of the molecule is Cc1cn(C(C)c2ccccc2)nc1NC(=O)CCCc1nc(C(C)(C)C)no1. The molecule has 0 bridgehead atoms. The second kappa shape index (κ2) is 8.59. The molecule has 1 N–H and O–H groups in total. The number of benzene rings is 1. The lowest BCUT2D eigenvalue weighted by atomic mass is 9.96. The summed E-state index contributed by atoms with van der Waals surface area (Å²) in [4.78, 5) is 16.7. The van der Waals surface area contributed by atoms with Crippen LogP contribution in [0.1, 0.15) is 69.4 Å². The summed E-state index contributed by atoms with van der Waals surface area (Å²) in [6.07, 6.45) is 3.54. The zero-order valence-electron chi connectivity index (χ0n) is 17.8. The van der Waals surface area contributed by atoms with Gasteiger partial charge in [-0.15, -0.1) is 0 Å². The molecule has 1 atom stereocenters. The van der Waals surface area contributed by atoms with Crippen LogP contribution >= 0.6 is 0 Å². The minimum absolute atomic E-state index is 0.0683. The Bertz CT molecular complexity index is 953. The third-order valence-electron chi connectivity index (χ3n) is 4.78. The van der Waals surface area contributed by atoms with Gasteiger partial charge in [-0.3, -0.25) is 9.48 Å².